The quantitative estimate of drug-likeness (QED) is 0.106. The van der Waals surface area contributed by atoms with E-state index in [-0.39, 0.29) is 17.5 Å². The molecule has 3 amide bonds. The van der Waals surface area contributed by atoms with Gasteiger partial charge in [-0.15, -0.1) is 0 Å². The van der Waals surface area contributed by atoms with Crippen molar-refractivity contribution in [1.29, 1.82) is 0 Å². The Bertz CT molecular complexity index is 1910. The van der Waals surface area contributed by atoms with Crippen molar-refractivity contribution in [2.24, 2.45) is 0 Å². The van der Waals surface area contributed by atoms with Gasteiger partial charge in [0.2, 0.25) is 11.9 Å². The molecule has 3 aromatic carbocycles. The lowest BCUT2D eigenvalue weighted by Gasteiger charge is -2.19. The lowest BCUT2D eigenvalue weighted by molar-refractivity contribution is -0.154. The molecule has 266 valence electrons. The van der Waals surface area contributed by atoms with Gasteiger partial charge in [0, 0.05) is 28.5 Å². The number of aryl methyl sites for hydroxylation is 1. The zero-order valence-corrected chi connectivity index (χ0v) is 27.4. The standard InChI is InChI=1S/C33H30ClF3N8O6/c1-18-2-10-22(11-3-18)39-27(48)26(47)38-16-24(28(49)50)41-25(46)19-4-12-23(13-5-19)40-29-42-30(44-31(43-29)51-17-33(35,36)37)45-32(14-15-32)20-6-8-21(34)9-7-20/h2-13,24H,14-17H2,1H3,(H,38,47)(H,39,48)(H,41,46)(H,49,50)(H2,40,42,43,44,45)/t24-/m0/s1. The largest absolute Gasteiger partial charge is 0.480 e. The Balaban J connectivity index is 1.22. The second-order valence-corrected chi connectivity index (χ2v) is 11.9. The lowest BCUT2D eigenvalue weighted by Crippen LogP contribution is -2.50. The van der Waals surface area contributed by atoms with Gasteiger partial charge in [-0.1, -0.05) is 41.4 Å². The number of alkyl halides is 3. The Morgan fingerprint density at radius 3 is 2.12 bits per heavy atom. The van der Waals surface area contributed by atoms with Crippen LogP contribution >= 0.6 is 11.6 Å². The van der Waals surface area contributed by atoms with Gasteiger partial charge in [0.05, 0.1) is 5.54 Å². The molecule has 18 heteroatoms. The summed E-state index contributed by atoms with van der Waals surface area (Å²) in [5, 5.41) is 23.0. The Morgan fingerprint density at radius 1 is 0.882 bits per heavy atom. The Hall–Kier alpha value is -5.97. The number of carboxylic acids is 1. The number of ether oxygens (including phenoxy) is 1. The highest BCUT2D eigenvalue weighted by Crippen LogP contribution is 2.48. The highest BCUT2D eigenvalue weighted by Gasteiger charge is 2.45. The molecule has 1 saturated carbocycles. The average Bonchev–Trinajstić information content (AvgIpc) is 3.86. The van der Waals surface area contributed by atoms with Crippen molar-refractivity contribution in [3.05, 3.63) is 94.5 Å². The van der Waals surface area contributed by atoms with Crippen LogP contribution in [-0.4, -0.2) is 69.1 Å². The number of carbonyl (C=O) groups excluding carboxylic acids is 3. The number of rotatable bonds is 13. The summed E-state index contributed by atoms with van der Waals surface area (Å²) in [6.07, 6.45) is -3.25. The zero-order chi connectivity index (χ0) is 36.8. The molecule has 6 N–H and O–H groups in total. The third kappa shape index (κ3) is 10.3. The molecule has 1 heterocycles. The number of hydrogen-bond acceptors (Lipinski definition) is 10. The van der Waals surface area contributed by atoms with Gasteiger partial charge in [-0.3, -0.25) is 14.4 Å². The second-order valence-electron chi connectivity index (χ2n) is 11.5. The Morgan fingerprint density at radius 2 is 1.51 bits per heavy atom. The van der Waals surface area contributed by atoms with Gasteiger partial charge in [-0.2, -0.15) is 28.1 Å². The summed E-state index contributed by atoms with van der Waals surface area (Å²) in [5.41, 5.74) is 1.96. The molecule has 1 atom stereocenters. The molecule has 0 spiro atoms. The smallest absolute Gasteiger partial charge is 0.422 e. The summed E-state index contributed by atoms with van der Waals surface area (Å²) in [7, 11) is 0. The van der Waals surface area contributed by atoms with Gasteiger partial charge in [-0.25, -0.2) is 4.79 Å². The number of aliphatic carboxylic acids is 1. The number of halogens is 4. The number of carboxylic acid groups (broad SMARTS) is 1. The van der Waals surface area contributed by atoms with Crippen molar-refractivity contribution in [2.75, 3.05) is 29.1 Å². The number of aromatic nitrogens is 3. The summed E-state index contributed by atoms with van der Waals surface area (Å²) in [6.45, 7) is -0.375. The minimum Gasteiger partial charge on any atom is -0.480 e. The maximum atomic E-state index is 12.9. The van der Waals surface area contributed by atoms with Gasteiger partial charge in [0.25, 0.3) is 5.91 Å². The van der Waals surface area contributed by atoms with E-state index < -0.39 is 60.6 Å². The summed E-state index contributed by atoms with van der Waals surface area (Å²) < 4.78 is 43.5. The van der Waals surface area contributed by atoms with Crippen molar-refractivity contribution < 1.29 is 42.2 Å². The number of amides is 3. The van der Waals surface area contributed by atoms with Crippen LogP contribution in [0.4, 0.5) is 36.4 Å². The van der Waals surface area contributed by atoms with Crippen LogP contribution in [0.15, 0.2) is 72.8 Å². The summed E-state index contributed by atoms with van der Waals surface area (Å²) >= 11 is 6.01. The monoisotopic (exact) mass is 726 g/mol. The van der Waals surface area contributed by atoms with E-state index in [0.717, 1.165) is 11.1 Å². The van der Waals surface area contributed by atoms with Crippen molar-refractivity contribution in [3.63, 3.8) is 0 Å². The summed E-state index contributed by atoms with van der Waals surface area (Å²) in [4.78, 5) is 61.3. The highest BCUT2D eigenvalue weighted by molar-refractivity contribution is 6.39. The summed E-state index contributed by atoms with van der Waals surface area (Å²) in [5.74, 6) is -4.61. The van der Waals surface area contributed by atoms with Crippen LogP contribution in [0.25, 0.3) is 0 Å². The average molecular weight is 727 g/mol. The first-order valence-corrected chi connectivity index (χ1v) is 15.6. The number of benzene rings is 3. The van der Waals surface area contributed by atoms with Gasteiger partial charge in [0.15, 0.2) is 6.61 Å². The molecule has 51 heavy (non-hydrogen) atoms. The van der Waals surface area contributed by atoms with E-state index >= 15 is 0 Å². The first-order valence-electron chi connectivity index (χ1n) is 15.2. The molecule has 1 aromatic heterocycles. The fourth-order valence-corrected chi connectivity index (χ4v) is 4.77. The fraction of sp³-hybridized carbons (Fsp3) is 0.242. The van der Waals surface area contributed by atoms with E-state index in [4.69, 9.17) is 16.3 Å². The van der Waals surface area contributed by atoms with E-state index in [2.05, 4.69) is 41.5 Å². The Labute approximate surface area is 293 Å². The van der Waals surface area contributed by atoms with Crippen molar-refractivity contribution in [3.8, 4) is 6.01 Å². The van der Waals surface area contributed by atoms with E-state index in [0.29, 0.717) is 29.2 Å². The first kappa shape index (κ1) is 36.3. The Kier molecular flexibility index (Phi) is 10.9. The van der Waals surface area contributed by atoms with Crippen LogP contribution in [0, 0.1) is 6.92 Å². The lowest BCUT2D eigenvalue weighted by atomic mass is 10.1. The van der Waals surface area contributed by atoms with Gasteiger partial charge in [0.1, 0.15) is 6.04 Å². The minimum atomic E-state index is -4.65. The molecule has 14 nitrogen and oxygen atoms in total. The van der Waals surface area contributed by atoms with Crippen molar-refractivity contribution >= 4 is 58.6 Å². The van der Waals surface area contributed by atoms with E-state index in [9.17, 15) is 37.5 Å². The third-order valence-electron chi connectivity index (χ3n) is 7.47. The van der Waals surface area contributed by atoms with E-state index in [1.807, 2.05) is 19.1 Å². The predicted octanol–water partition coefficient (Wildman–Crippen LogP) is 4.56. The van der Waals surface area contributed by atoms with Crippen molar-refractivity contribution in [1.82, 2.24) is 25.6 Å². The number of anilines is 4. The van der Waals surface area contributed by atoms with Gasteiger partial charge >= 0.3 is 30.0 Å². The topological polar surface area (TPSA) is 197 Å². The molecule has 0 unspecified atom stereocenters. The highest BCUT2D eigenvalue weighted by atomic mass is 35.5. The maximum Gasteiger partial charge on any atom is 0.422 e. The van der Waals surface area contributed by atoms with Gasteiger partial charge in [-0.05, 0) is 73.9 Å². The molecule has 0 bridgehead atoms. The molecule has 5 rings (SSSR count). The van der Waals surface area contributed by atoms with E-state index in [1.54, 1.807) is 36.4 Å². The molecule has 0 radical (unpaired) electrons. The number of nitrogens with zero attached hydrogens (tertiary/aromatic N) is 3. The third-order valence-corrected chi connectivity index (χ3v) is 7.72. The molecule has 1 aliphatic carbocycles. The number of hydrogen-bond donors (Lipinski definition) is 6. The van der Waals surface area contributed by atoms with Crippen molar-refractivity contribution in [2.45, 2.75) is 37.5 Å². The molecule has 0 aliphatic heterocycles. The SMILES string of the molecule is Cc1ccc(NC(=O)C(=O)NC[C@H](NC(=O)c2ccc(Nc3nc(NC4(c5ccc(Cl)cc5)CC4)nc(OCC(F)(F)F)n3)cc2)C(=O)O)cc1. The fourth-order valence-electron chi connectivity index (χ4n) is 4.65. The maximum absolute atomic E-state index is 12.9. The van der Waals surface area contributed by atoms with Crippen LogP contribution in [-0.2, 0) is 19.9 Å². The van der Waals surface area contributed by atoms with Gasteiger partial charge < -0.3 is 36.4 Å². The molecule has 0 saturated heterocycles. The van der Waals surface area contributed by atoms with Crippen LogP contribution in [0.2, 0.25) is 5.02 Å². The number of carbonyl (C=O) groups is 4. The molecular weight excluding hydrogens is 697 g/mol. The first-order chi connectivity index (χ1) is 24.2. The molecular formula is C33H30ClF3N8O6. The molecule has 1 aliphatic rings. The summed E-state index contributed by atoms with van der Waals surface area (Å²) in [6, 6.07) is 17.1. The van der Waals surface area contributed by atoms with Crippen LogP contribution in [0.1, 0.15) is 34.3 Å². The molecule has 1 fully saturated rings. The van der Waals surface area contributed by atoms with E-state index in [1.165, 1.54) is 24.3 Å². The van der Waals surface area contributed by atoms with Crippen LogP contribution in [0.5, 0.6) is 6.01 Å². The van der Waals surface area contributed by atoms with Crippen LogP contribution in [0.3, 0.4) is 0 Å². The van der Waals surface area contributed by atoms with Crippen LogP contribution < -0.4 is 31.3 Å². The molecule has 4 aromatic rings. The normalized spacial score (nSPS) is 13.7. The predicted molar refractivity (Wildman–Crippen MR) is 179 cm³/mol. The number of nitrogens with one attached hydrogen (secondary N) is 5. The second kappa shape index (κ2) is 15.3. The minimum absolute atomic E-state index is 0.0288. The zero-order valence-electron chi connectivity index (χ0n) is 26.7.